The molecule has 2 heterocycles. The first kappa shape index (κ1) is 15.3. The summed E-state index contributed by atoms with van der Waals surface area (Å²) in [5.74, 6) is -0.0775. The second kappa shape index (κ2) is 7.61. The molecule has 1 aliphatic heterocycles. The van der Waals surface area contributed by atoms with Crippen molar-refractivity contribution < 1.29 is 9.59 Å². The van der Waals surface area contributed by atoms with Gasteiger partial charge in [-0.1, -0.05) is 6.92 Å². The highest BCUT2D eigenvalue weighted by molar-refractivity contribution is 5.94. The number of likely N-dealkylation sites (tertiary alicyclic amines) is 1. The number of carbonyl (C=O) groups is 2. The van der Waals surface area contributed by atoms with Crippen molar-refractivity contribution in [3.05, 3.63) is 30.1 Å². The monoisotopic (exact) mass is 290 g/mol. The maximum atomic E-state index is 12.0. The zero-order valence-electron chi connectivity index (χ0n) is 12.3. The molecule has 0 radical (unpaired) electrons. The van der Waals surface area contributed by atoms with Gasteiger partial charge in [-0.15, -0.1) is 0 Å². The average molecular weight is 290 g/mol. The molecule has 1 aliphatic rings. The first-order chi connectivity index (χ1) is 10.2. The lowest BCUT2D eigenvalue weighted by atomic mass is 10.0. The molecule has 1 aromatic rings. The first-order valence-corrected chi connectivity index (χ1v) is 7.44. The molecule has 21 heavy (non-hydrogen) atoms. The maximum absolute atomic E-state index is 12.0. The normalized spacial score (nSPS) is 15.6. The molecule has 1 saturated heterocycles. The molecule has 0 saturated carbocycles. The van der Waals surface area contributed by atoms with Gasteiger partial charge in [0.25, 0.3) is 5.91 Å². The van der Waals surface area contributed by atoms with Gasteiger partial charge in [-0.2, -0.15) is 0 Å². The van der Waals surface area contributed by atoms with Crippen molar-refractivity contribution in [2.75, 3.05) is 19.6 Å². The van der Waals surface area contributed by atoms with Crippen LogP contribution in [-0.4, -0.2) is 47.5 Å². The van der Waals surface area contributed by atoms with Crippen LogP contribution >= 0.6 is 0 Å². The Morgan fingerprint density at radius 1 is 1.29 bits per heavy atom. The molecule has 0 aliphatic carbocycles. The van der Waals surface area contributed by atoms with E-state index in [4.69, 9.17) is 0 Å². The number of rotatable bonds is 4. The van der Waals surface area contributed by atoms with Crippen LogP contribution < -0.4 is 10.6 Å². The third kappa shape index (κ3) is 4.44. The molecule has 1 fully saturated rings. The van der Waals surface area contributed by atoms with Crippen LogP contribution in [0.5, 0.6) is 0 Å². The Kier molecular flexibility index (Phi) is 5.54. The van der Waals surface area contributed by atoms with E-state index in [0.29, 0.717) is 25.2 Å². The van der Waals surface area contributed by atoms with E-state index in [1.54, 1.807) is 24.5 Å². The Labute approximate surface area is 124 Å². The van der Waals surface area contributed by atoms with Crippen LogP contribution in [-0.2, 0) is 0 Å². The molecule has 2 rings (SSSR count). The third-order valence-corrected chi connectivity index (χ3v) is 3.59. The van der Waals surface area contributed by atoms with Gasteiger partial charge in [-0.05, 0) is 31.4 Å². The fourth-order valence-corrected chi connectivity index (χ4v) is 2.34. The summed E-state index contributed by atoms with van der Waals surface area (Å²) in [6.45, 7) is 4.09. The van der Waals surface area contributed by atoms with Crippen molar-refractivity contribution in [1.82, 2.24) is 20.5 Å². The van der Waals surface area contributed by atoms with Crippen molar-refractivity contribution in [3.8, 4) is 0 Å². The Bertz CT molecular complexity index is 470. The van der Waals surface area contributed by atoms with Gasteiger partial charge in [0.15, 0.2) is 0 Å². The fourth-order valence-electron chi connectivity index (χ4n) is 2.34. The second-order valence-corrected chi connectivity index (χ2v) is 5.20. The Morgan fingerprint density at radius 3 is 2.57 bits per heavy atom. The Hall–Kier alpha value is -2.11. The molecule has 0 atom stereocenters. The van der Waals surface area contributed by atoms with Crippen LogP contribution in [0.25, 0.3) is 0 Å². The first-order valence-electron chi connectivity index (χ1n) is 7.44. The summed E-state index contributed by atoms with van der Waals surface area (Å²) >= 11 is 0. The molecule has 114 valence electrons. The van der Waals surface area contributed by atoms with Crippen LogP contribution in [0, 0.1) is 0 Å². The predicted molar refractivity (Wildman–Crippen MR) is 80.0 cm³/mol. The van der Waals surface area contributed by atoms with E-state index in [9.17, 15) is 9.59 Å². The number of pyridine rings is 1. The lowest BCUT2D eigenvalue weighted by molar-refractivity contribution is 0.0918. The molecule has 0 aromatic carbocycles. The van der Waals surface area contributed by atoms with Gasteiger partial charge in [0.05, 0.1) is 0 Å². The molecule has 0 unspecified atom stereocenters. The van der Waals surface area contributed by atoms with Crippen LogP contribution in [0.15, 0.2) is 24.5 Å². The van der Waals surface area contributed by atoms with Gasteiger partial charge >= 0.3 is 6.03 Å². The Morgan fingerprint density at radius 2 is 1.95 bits per heavy atom. The quantitative estimate of drug-likeness (QED) is 0.880. The topological polar surface area (TPSA) is 74.3 Å². The molecule has 6 heteroatoms. The zero-order chi connectivity index (χ0) is 15.1. The summed E-state index contributed by atoms with van der Waals surface area (Å²) in [6.07, 6.45) is 5.72. The van der Waals surface area contributed by atoms with Gasteiger partial charge in [-0.25, -0.2) is 4.79 Å². The van der Waals surface area contributed by atoms with E-state index >= 15 is 0 Å². The Balaban J connectivity index is 1.77. The number of hydrogen-bond acceptors (Lipinski definition) is 3. The number of aromatic nitrogens is 1. The molecular weight excluding hydrogens is 268 g/mol. The van der Waals surface area contributed by atoms with Crippen LogP contribution in [0.3, 0.4) is 0 Å². The average Bonchev–Trinajstić information content (AvgIpc) is 2.54. The van der Waals surface area contributed by atoms with Gasteiger partial charge in [0.1, 0.15) is 0 Å². The van der Waals surface area contributed by atoms with E-state index in [1.165, 1.54) is 0 Å². The number of nitrogens with zero attached hydrogens (tertiary/aromatic N) is 2. The van der Waals surface area contributed by atoms with E-state index in [-0.39, 0.29) is 18.0 Å². The zero-order valence-corrected chi connectivity index (χ0v) is 12.3. The summed E-state index contributed by atoms with van der Waals surface area (Å²) in [5, 5.41) is 5.89. The highest BCUT2D eigenvalue weighted by Crippen LogP contribution is 2.11. The van der Waals surface area contributed by atoms with Crippen molar-refractivity contribution in [3.63, 3.8) is 0 Å². The van der Waals surface area contributed by atoms with Crippen LogP contribution in [0.2, 0.25) is 0 Å². The van der Waals surface area contributed by atoms with E-state index < -0.39 is 0 Å². The lowest BCUT2D eigenvalue weighted by Crippen LogP contribution is -2.49. The van der Waals surface area contributed by atoms with Gasteiger partial charge in [0, 0.05) is 43.6 Å². The summed E-state index contributed by atoms with van der Waals surface area (Å²) in [5.41, 5.74) is 0.619. The third-order valence-electron chi connectivity index (χ3n) is 3.59. The molecule has 0 bridgehead atoms. The molecular formula is C15H22N4O2. The largest absolute Gasteiger partial charge is 0.349 e. The van der Waals surface area contributed by atoms with Gasteiger partial charge < -0.3 is 15.5 Å². The highest BCUT2D eigenvalue weighted by atomic mass is 16.2. The van der Waals surface area contributed by atoms with Gasteiger partial charge in [0.2, 0.25) is 0 Å². The summed E-state index contributed by atoms with van der Waals surface area (Å²) < 4.78 is 0. The summed E-state index contributed by atoms with van der Waals surface area (Å²) in [6, 6.07) is 3.52. The van der Waals surface area contributed by atoms with E-state index in [2.05, 4.69) is 15.6 Å². The summed E-state index contributed by atoms with van der Waals surface area (Å²) in [4.78, 5) is 29.6. The van der Waals surface area contributed by atoms with E-state index in [0.717, 1.165) is 19.3 Å². The van der Waals surface area contributed by atoms with Crippen molar-refractivity contribution in [2.24, 2.45) is 0 Å². The molecule has 3 amide bonds. The maximum Gasteiger partial charge on any atom is 0.317 e. The molecule has 0 spiro atoms. The SMILES string of the molecule is CCCNC(=O)N1CCC(NC(=O)c2ccncc2)CC1. The van der Waals surface area contributed by atoms with Crippen molar-refractivity contribution in [1.29, 1.82) is 0 Å². The number of carbonyl (C=O) groups excluding carboxylic acids is 2. The fraction of sp³-hybridized carbons (Fsp3) is 0.533. The standard InChI is InChI=1S/C15H22N4O2/c1-2-7-17-15(21)19-10-5-13(6-11-19)18-14(20)12-3-8-16-9-4-12/h3-4,8-9,13H,2,5-7,10-11H2,1H3,(H,17,21)(H,18,20). The minimum Gasteiger partial charge on any atom is -0.349 e. The molecule has 6 nitrogen and oxygen atoms in total. The number of nitrogens with one attached hydrogen (secondary N) is 2. The van der Waals surface area contributed by atoms with Crippen molar-refractivity contribution >= 4 is 11.9 Å². The number of urea groups is 1. The highest BCUT2D eigenvalue weighted by Gasteiger charge is 2.23. The molecule has 2 N–H and O–H groups in total. The van der Waals surface area contributed by atoms with Crippen molar-refractivity contribution in [2.45, 2.75) is 32.2 Å². The smallest absolute Gasteiger partial charge is 0.317 e. The molecule has 1 aromatic heterocycles. The number of amides is 3. The van der Waals surface area contributed by atoms with Crippen LogP contribution in [0.4, 0.5) is 4.79 Å². The van der Waals surface area contributed by atoms with E-state index in [1.807, 2.05) is 11.8 Å². The van der Waals surface area contributed by atoms with Gasteiger partial charge in [-0.3, -0.25) is 9.78 Å². The van der Waals surface area contributed by atoms with Crippen LogP contribution in [0.1, 0.15) is 36.5 Å². The minimum absolute atomic E-state index is 0.00393. The minimum atomic E-state index is -0.0775. The summed E-state index contributed by atoms with van der Waals surface area (Å²) in [7, 11) is 0. The second-order valence-electron chi connectivity index (χ2n) is 5.20. The lowest BCUT2D eigenvalue weighted by Gasteiger charge is -2.32. The number of hydrogen-bond donors (Lipinski definition) is 2. The number of piperidine rings is 1. The predicted octanol–water partition coefficient (Wildman–Crippen LogP) is 1.40.